The van der Waals surface area contributed by atoms with Crippen LogP contribution in [-0.2, 0) is 10.0 Å². The number of benzene rings is 2. The average molecular weight is 403 g/mol. The first-order valence-corrected chi connectivity index (χ1v) is 10.0. The maximum Gasteiger partial charge on any atom is 0.276 e. The SMILES string of the molecule is CCN(CC)S(=O)(=O)c1ccc(O)c(N=C/C=C/c2ccccc2[N+](=O)[O-])c1. The van der Waals surface area contributed by atoms with E-state index in [0.29, 0.717) is 18.7 Å². The van der Waals surface area contributed by atoms with Crippen LogP contribution in [0.3, 0.4) is 0 Å². The van der Waals surface area contributed by atoms with Crippen molar-refractivity contribution in [2.45, 2.75) is 18.7 Å². The van der Waals surface area contributed by atoms with Crippen molar-refractivity contribution in [2.75, 3.05) is 13.1 Å². The Bertz CT molecular complexity index is 1010. The number of sulfonamides is 1. The number of nitrogens with zero attached hydrogens (tertiary/aromatic N) is 3. The van der Waals surface area contributed by atoms with Crippen LogP contribution in [0.1, 0.15) is 19.4 Å². The van der Waals surface area contributed by atoms with Gasteiger partial charge in [-0.15, -0.1) is 0 Å². The standard InChI is InChI=1S/C19H21N3O5S/c1-3-21(4-2)28(26,27)16-11-12-19(23)17(14-16)20-13-7-9-15-8-5-6-10-18(15)22(24)25/h5-14,23H,3-4H2,1-2H3/b9-7+,20-13?. The third-order valence-corrected chi connectivity index (χ3v) is 6.04. The van der Waals surface area contributed by atoms with Crippen LogP contribution in [0.25, 0.3) is 6.08 Å². The lowest BCUT2D eigenvalue weighted by Gasteiger charge is -2.18. The molecule has 9 heteroatoms. The summed E-state index contributed by atoms with van der Waals surface area (Å²) in [5.41, 5.74) is 0.448. The Morgan fingerprint density at radius 2 is 1.86 bits per heavy atom. The molecule has 0 unspecified atom stereocenters. The van der Waals surface area contributed by atoms with Crippen LogP contribution in [0.5, 0.6) is 5.75 Å². The van der Waals surface area contributed by atoms with Gasteiger partial charge in [-0.05, 0) is 36.4 Å². The minimum Gasteiger partial charge on any atom is -0.506 e. The summed E-state index contributed by atoms with van der Waals surface area (Å²) in [5, 5.41) is 21.0. The first kappa shape index (κ1) is 21.3. The van der Waals surface area contributed by atoms with Gasteiger partial charge in [0.2, 0.25) is 10.0 Å². The highest BCUT2D eigenvalue weighted by molar-refractivity contribution is 7.89. The smallest absolute Gasteiger partial charge is 0.276 e. The molecule has 8 nitrogen and oxygen atoms in total. The van der Waals surface area contributed by atoms with Gasteiger partial charge < -0.3 is 5.11 Å². The second-order valence-electron chi connectivity index (χ2n) is 5.69. The molecule has 0 heterocycles. The van der Waals surface area contributed by atoms with Gasteiger partial charge in [0.1, 0.15) is 11.4 Å². The molecule has 2 rings (SSSR count). The van der Waals surface area contributed by atoms with Crippen molar-refractivity contribution in [1.29, 1.82) is 0 Å². The lowest BCUT2D eigenvalue weighted by atomic mass is 10.1. The molecule has 0 spiro atoms. The van der Waals surface area contributed by atoms with E-state index in [4.69, 9.17) is 0 Å². The Morgan fingerprint density at radius 3 is 2.50 bits per heavy atom. The molecule has 0 aliphatic heterocycles. The Kier molecular flexibility index (Phi) is 7.02. The summed E-state index contributed by atoms with van der Waals surface area (Å²) in [6.07, 6.45) is 4.32. The summed E-state index contributed by atoms with van der Waals surface area (Å²) in [4.78, 5) is 14.6. The minimum atomic E-state index is -3.67. The van der Waals surface area contributed by atoms with Crippen LogP contribution >= 0.6 is 0 Å². The zero-order valence-electron chi connectivity index (χ0n) is 15.5. The van der Waals surface area contributed by atoms with E-state index in [1.165, 1.54) is 46.9 Å². The predicted molar refractivity (Wildman–Crippen MR) is 108 cm³/mol. The highest BCUT2D eigenvalue weighted by Crippen LogP contribution is 2.30. The molecule has 0 bridgehead atoms. The van der Waals surface area contributed by atoms with Crippen LogP contribution in [-0.4, -0.2) is 42.1 Å². The molecule has 2 aromatic rings. The van der Waals surface area contributed by atoms with Gasteiger partial charge in [0.15, 0.2) is 0 Å². The number of aromatic hydroxyl groups is 1. The van der Waals surface area contributed by atoms with Crippen molar-refractivity contribution in [1.82, 2.24) is 4.31 Å². The Morgan fingerprint density at radius 1 is 1.18 bits per heavy atom. The monoisotopic (exact) mass is 403 g/mol. The minimum absolute atomic E-state index is 0.0313. The highest BCUT2D eigenvalue weighted by Gasteiger charge is 2.22. The van der Waals surface area contributed by atoms with E-state index in [0.717, 1.165) is 0 Å². The molecule has 148 valence electrons. The highest BCUT2D eigenvalue weighted by atomic mass is 32.2. The topological polar surface area (TPSA) is 113 Å². The number of hydrogen-bond donors (Lipinski definition) is 1. The number of phenolic OH excluding ortho intramolecular Hbond substituents is 1. The fraction of sp³-hybridized carbons (Fsp3) is 0.211. The molecule has 0 atom stereocenters. The number of nitro benzene ring substituents is 1. The summed E-state index contributed by atoms with van der Waals surface area (Å²) in [5.74, 6) is -0.172. The molecule has 0 aliphatic carbocycles. The first-order chi connectivity index (χ1) is 13.3. The Hall–Kier alpha value is -3.04. The van der Waals surface area contributed by atoms with Gasteiger partial charge in [-0.3, -0.25) is 15.1 Å². The predicted octanol–water partition coefficient (Wildman–Crippen LogP) is 3.75. The van der Waals surface area contributed by atoms with Gasteiger partial charge in [0.05, 0.1) is 15.4 Å². The van der Waals surface area contributed by atoms with E-state index in [2.05, 4.69) is 4.99 Å². The van der Waals surface area contributed by atoms with Crippen LogP contribution in [0, 0.1) is 10.1 Å². The zero-order valence-corrected chi connectivity index (χ0v) is 16.3. The molecule has 0 fully saturated rings. The fourth-order valence-electron chi connectivity index (χ4n) is 2.54. The number of aliphatic imine (C=N–C) groups is 1. The third kappa shape index (κ3) is 4.81. The maximum absolute atomic E-state index is 12.6. The van der Waals surface area contributed by atoms with Gasteiger partial charge in [0.25, 0.3) is 5.69 Å². The summed E-state index contributed by atoms with van der Waals surface area (Å²) >= 11 is 0. The summed E-state index contributed by atoms with van der Waals surface area (Å²) < 4.78 is 26.5. The van der Waals surface area contributed by atoms with E-state index < -0.39 is 14.9 Å². The molecule has 0 aliphatic rings. The number of para-hydroxylation sites is 1. The van der Waals surface area contributed by atoms with E-state index in [-0.39, 0.29) is 22.0 Å². The number of rotatable bonds is 8. The number of phenols is 1. The van der Waals surface area contributed by atoms with Gasteiger partial charge >= 0.3 is 0 Å². The zero-order chi connectivity index (χ0) is 20.7. The van der Waals surface area contributed by atoms with Gasteiger partial charge in [-0.1, -0.05) is 26.0 Å². The van der Waals surface area contributed by atoms with Crippen LogP contribution in [0.4, 0.5) is 11.4 Å². The van der Waals surface area contributed by atoms with E-state index in [1.54, 1.807) is 32.0 Å². The molecule has 0 saturated heterocycles. The van der Waals surface area contributed by atoms with Gasteiger partial charge in [-0.25, -0.2) is 8.42 Å². The summed E-state index contributed by atoms with van der Waals surface area (Å²) in [6, 6.07) is 10.1. The van der Waals surface area contributed by atoms with Crippen molar-refractivity contribution in [3.8, 4) is 5.75 Å². The summed E-state index contributed by atoms with van der Waals surface area (Å²) in [6.45, 7) is 4.15. The molecular formula is C19H21N3O5S. The van der Waals surface area contributed by atoms with Crippen LogP contribution in [0.15, 0.2) is 58.4 Å². The quantitative estimate of drug-likeness (QED) is 0.410. The lowest BCUT2D eigenvalue weighted by Crippen LogP contribution is -2.30. The molecule has 0 radical (unpaired) electrons. The number of nitro groups is 1. The van der Waals surface area contributed by atoms with Gasteiger partial charge in [0, 0.05) is 25.4 Å². The third-order valence-electron chi connectivity index (χ3n) is 4.00. The van der Waals surface area contributed by atoms with Crippen LogP contribution in [0.2, 0.25) is 0 Å². The van der Waals surface area contributed by atoms with E-state index >= 15 is 0 Å². The van der Waals surface area contributed by atoms with E-state index in [1.807, 2.05) is 0 Å². The van der Waals surface area contributed by atoms with Crippen molar-refractivity contribution in [2.24, 2.45) is 4.99 Å². The van der Waals surface area contributed by atoms with Crippen molar-refractivity contribution in [3.05, 3.63) is 64.2 Å². The first-order valence-electron chi connectivity index (χ1n) is 8.58. The molecule has 0 amide bonds. The summed E-state index contributed by atoms with van der Waals surface area (Å²) in [7, 11) is -3.67. The molecule has 2 aromatic carbocycles. The second-order valence-corrected chi connectivity index (χ2v) is 7.63. The normalized spacial score (nSPS) is 12.2. The maximum atomic E-state index is 12.6. The van der Waals surface area contributed by atoms with Gasteiger partial charge in [-0.2, -0.15) is 4.31 Å². The molecule has 0 aromatic heterocycles. The fourth-order valence-corrected chi connectivity index (χ4v) is 4.02. The Labute approximate surface area is 163 Å². The molecular weight excluding hydrogens is 382 g/mol. The molecule has 0 saturated carbocycles. The van der Waals surface area contributed by atoms with Crippen molar-refractivity contribution < 1.29 is 18.4 Å². The lowest BCUT2D eigenvalue weighted by molar-refractivity contribution is -0.385. The Balaban J connectivity index is 2.29. The second kappa shape index (κ2) is 9.25. The average Bonchev–Trinajstić information content (AvgIpc) is 2.67. The molecule has 1 N–H and O–H groups in total. The largest absolute Gasteiger partial charge is 0.506 e. The van der Waals surface area contributed by atoms with E-state index in [9.17, 15) is 23.6 Å². The van der Waals surface area contributed by atoms with Crippen molar-refractivity contribution >= 4 is 33.7 Å². The number of hydrogen-bond acceptors (Lipinski definition) is 6. The van der Waals surface area contributed by atoms with Crippen molar-refractivity contribution in [3.63, 3.8) is 0 Å². The molecule has 28 heavy (non-hydrogen) atoms. The van der Waals surface area contributed by atoms with Crippen LogP contribution < -0.4 is 0 Å². The number of allylic oxidation sites excluding steroid dienone is 1.